The number of aryl methyl sites for hydroxylation is 1. The Balaban J connectivity index is 1.56. The smallest absolute Gasteiger partial charge is 0.269 e. The van der Waals surface area contributed by atoms with Crippen molar-refractivity contribution in [1.29, 1.82) is 0 Å². The fourth-order valence-corrected chi connectivity index (χ4v) is 3.86. The van der Waals surface area contributed by atoms with Crippen molar-refractivity contribution in [3.05, 3.63) is 46.9 Å². The summed E-state index contributed by atoms with van der Waals surface area (Å²) < 4.78 is 14.1. The largest absolute Gasteiger partial charge is 0.482 e. The van der Waals surface area contributed by atoms with Crippen LogP contribution in [0.5, 0.6) is 11.5 Å². The summed E-state index contributed by atoms with van der Waals surface area (Å²) in [5, 5.41) is 15.0. The number of rotatable bonds is 4. The summed E-state index contributed by atoms with van der Waals surface area (Å²) in [6.45, 7) is 1.81. The summed E-state index contributed by atoms with van der Waals surface area (Å²) >= 11 is 4.80. The lowest BCUT2D eigenvalue weighted by molar-refractivity contribution is -0.128. The van der Waals surface area contributed by atoms with Crippen LogP contribution in [0.15, 0.2) is 57.0 Å². The van der Waals surface area contributed by atoms with E-state index >= 15 is 0 Å². The Bertz CT molecular complexity index is 1030. The molecule has 144 valence electrons. The number of hydrogen-bond donors (Lipinski definition) is 1. The Labute approximate surface area is 173 Å². The maximum absolute atomic E-state index is 12.9. The van der Waals surface area contributed by atoms with Crippen molar-refractivity contribution in [2.24, 2.45) is 7.05 Å². The SMILES string of the molecule is C[C@@H]1Oc2ccccc2O[C@@H]1C(=O)Nc1cc(Br)ccc1Sc1nnnn1C. The normalized spacial score (nSPS) is 18.0. The van der Waals surface area contributed by atoms with Gasteiger partial charge in [-0.05, 0) is 59.4 Å². The average molecular weight is 462 g/mol. The van der Waals surface area contributed by atoms with Gasteiger partial charge in [-0.1, -0.05) is 28.1 Å². The first-order valence-electron chi connectivity index (χ1n) is 8.44. The van der Waals surface area contributed by atoms with Gasteiger partial charge in [-0.15, -0.1) is 5.10 Å². The van der Waals surface area contributed by atoms with Gasteiger partial charge in [-0.3, -0.25) is 4.79 Å². The fraction of sp³-hybridized carbons (Fsp3) is 0.222. The first-order chi connectivity index (χ1) is 13.5. The molecule has 0 fully saturated rings. The summed E-state index contributed by atoms with van der Waals surface area (Å²) in [7, 11) is 1.76. The molecule has 2 heterocycles. The van der Waals surface area contributed by atoms with Crippen LogP contribution in [0, 0.1) is 0 Å². The van der Waals surface area contributed by atoms with E-state index in [-0.39, 0.29) is 5.91 Å². The topological polar surface area (TPSA) is 91.2 Å². The number of nitrogens with zero attached hydrogens (tertiary/aromatic N) is 4. The van der Waals surface area contributed by atoms with Crippen molar-refractivity contribution in [3.8, 4) is 11.5 Å². The molecule has 0 spiro atoms. The van der Waals surface area contributed by atoms with E-state index in [1.165, 1.54) is 11.8 Å². The number of fused-ring (bicyclic) bond motifs is 1. The van der Waals surface area contributed by atoms with E-state index in [9.17, 15) is 4.79 Å². The number of nitrogens with one attached hydrogen (secondary N) is 1. The number of anilines is 1. The highest BCUT2D eigenvalue weighted by Crippen LogP contribution is 2.36. The number of ether oxygens (including phenoxy) is 2. The van der Waals surface area contributed by atoms with Crippen LogP contribution in [-0.2, 0) is 11.8 Å². The third-order valence-electron chi connectivity index (χ3n) is 4.08. The molecule has 0 saturated carbocycles. The molecule has 10 heteroatoms. The van der Waals surface area contributed by atoms with Crippen LogP contribution in [0.2, 0.25) is 0 Å². The summed E-state index contributed by atoms with van der Waals surface area (Å²) in [6, 6.07) is 12.9. The van der Waals surface area contributed by atoms with E-state index < -0.39 is 12.2 Å². The van der Waals surface area contributed by atoms with Crippen LogP contribution in [0.25, 0.3) is 0 Å². The van der Waals surface area contributed by atoms with E-state index in [2.05, 4.69) is 36.8 Å². The van der Waals surface area contributed by atoms with Gasteiger partial charge in [-0.25, -0.2) is 4.68 Å². The Morgan fingerprint density at radius 2 is 1.96 bits per heavy atom. The standard InChI is InChI=1S/C18H16BrN5O3S/c1-10-16(27-14-6-4-3-5-13(14)26-10)17(25)20-12-9-11(19)7-8-15(12)28-18-21-22-23-24(18)2/h3-10,16H,1-2H3,(H,20,25)/t10-,16-/m0/s1. The molecule has 28 heavy (non-hydrogen) atoms. The minimum Gasteiger partial charge on any atom is -0.482 e. The molecule has 3 aromatic rings. The quantitative estimate of drug-likeness (QED) is 0.636. The number of aromatic nitrogens is 4. The molecule has 2 aromatic carbocycles. The zero-order valence-corrected chi connectivity index (χ0v) is 17.4. The zero-order chi connectivity index (χ0) is 19.7. The molecule has 2 atom stereocenters. The molecule has 0 aliphatic carbocycles. The van der Waals surface area contributed by atoms with E-state index in [1.54, 1.807) is 17.8 Å². The average Bonchev–Trinajstić information content (AvgIpc) is 3.08. The molecular formula is C18H16BrN5O3S. The van der Waals surface area contributed by atoms with Crippen LogP contribution in [0.4, 0.5) is 5.69 Å². The van der Waals surface area contributed by atoms with Crippen molar-refractivity contribution < 1.29 is 14.3 Å². The van der Waals surface area contributed by atoms with Gasteiger partial charge in [-0.2, -0.15) is 0 Å². The molecule has 4 rings (SSSR count). The highest BCUT2D eigenvalue weighted by Gasteiger charge is 2.34. The lowest BCUT2D eigenvalue weighted by atomic mass is 10.1. The Morgan fingerprint density at radius 3 is 2.68 bits per heavy atom. The van der Waals surface area contributed by atoms with E-state index in [0.29, 0.717) is 22.3 Å². The maximum atomic E-state index is 12.9. The molecule has 1 N–H and O–H groups in total. The third-order valence-corrected chi connectivity index (χ3v) is 5.68. The van der Waals surface area contributed by atoms with E-state index in [1.807, 2.05) is 43.3 Å². The maximum Gasteiger partial charge on any atom is 0.269 e. The lowest BCUT2D eigenvalue weighted by Crippen LogP contribution is -2.46. The minimum absolute atomic E-state index is 0.293. The second kappa shape index (κ2) is 7.80. The predicted molar refractivity (Wildman–Crippen MR) is 107 cm³/mol. The molecule has 0 saturated heterocycles. The fourth-order valence-electron chi connectivity index (χ4n) is 2.71. The monoisotopic (exact) mass is 461 g/mol. The Kier molecular flexibility index (Phi) is 5.23. The van der Waals surface area contributed by atoms with Gasteiger partial charge < -0.3 is 14.8 Å². The number of para-hydroxylation sites is 2. The van der Waals surface area contributed by atoms with Gasteiger partial charge in [0.1, 0.15) is 6.10 Å². The first kappa shape index (κ1) is 18.8. The van der Waals surface area contributed by atoms with Crippen molar-refractivity contribution in [1.82, 2.24) is 20.2 Å². The Hall–Kier alpha value is -2.59. The number of benzene rings is 2. The van der Waals surface area contributed by atoms with Crippen molar-refractivity contribution >= 4 is 39.3 Å². The number of carbonyl (C=O) groups is 1. The zero-order valence-electron chi connectivity index (χ0n) is 15.0. The van der Waals surface area contributed by atoms with Gasteiger partial charge in [0.15, 0.2) is 11.5 Å². The number of hydrogen-bond acceptors (Lipinski definition) is 7. The highest BCUT2D eigenvalue weighted by molar-refractivity contribution is 9.10. The molecule has 1 amide bonds. The summed E-state index contributed by atoms with van der Waals surface area (Å²) in [5.74, 6) is 0.889. The second-order valence-electron chi connectivity index (χ2n) is 6.13. The molecule has 0 radical (unpaired) electrons. The molecule has 0 unspecified atom stereocenters. The molecule has 1 aliphatic rings. The number of carbonyl (C=O) groups excluding carboxylic acids is 1. The molecule has 1 aliphatic heterocycles. The van der Waals surface area contributed by atoms with Gasteiger partial charge in [0, 0.05) is 16.4 Å². The lowest BCUT2D eigenvalue weighted by Gasteiger charge is -2.31. The van der Waals surface area contributed by atoms with Gasteiger partial charge in [0.2, 0.25) is 11.3 Å². The van der Waals surface area contributed by atoms with Crippen molar-refractivity contribution in [3.63, 3.8) is 0 Å². The van der Waals surface area contributed by atoms with Crippen LogP contribution in [-0.4, -0.2) is 38.3 Å². The van der Waals surface area contributed by atoms with Crippen LogP contribution in [0.3, 0.4) is 0 Å². The van der Waals surface area contributed by atoms with Crippen molar-refractivity contribution in [2.45, 2.75) is 29.2 Å². The van der Waals surface area contributed by atoms with Gasteiger partial charge in [0.05, 0.1) is 5.69 Å². The molecule has 8 nitrogen and oxygen atoms in total. The number of halogens is 1. The van der Waals surface area contributed by atoms with Gasteiger partial charge >= 0.3 is 0 Å². The van der Waals surface area contributed by atoms with E-state index in [4.69, 9.17) is 9.47 Å². The second-order valence-corrected chi connectivity index (χ2v) is 8.05. The van der Waals surface area contributed by atoms with E-state index in [0.717, 1.165) is 9.37 Å². The van der Waals surface area contributed by atoms with Crippen LogP contribution in [0.1, 0.15) is 6.92 Å². The summed E-state index contributed by atoms with van der Waals surface area (Å²) in [6.07, 6.45) is -1.20. The predicted octanol–water partition coefficient (Wildman–Crippen LogP) is 3.29. The van der Waals surface area contributed by atoms with Crippen LogP contribution < -0.4 is 14.8 Å². The highest BCUT2D eigenvalue weighted by atomic mass is 79.9. The number of tetrazole rings is 1. The minimum atomic E-state index is -0.775. The van der Waals surface area contributed by atoms with Crippen LogP contribution >= 0.6 is 27.7 Å². The number of amides is 1. The molecule has 1 aromatic heterocycles. The Morgan fingerprint density at radius 1 is 1.21 bits per heavy atom. The summed E-state index contributed by atoms with van der Waals surface area (Å²) in [5.41, 5.74) is 0.627. The summed E-state index contributed by atoms with van der Waals surface area (Å²) in [4.78, 5) is 13.7. The molecular weight excluding hydrogens is 446 g/mol. The van der Waals surface area contributed by atoms with Crippen molar-refractivity contribution in [2.75, 3.05) is 5.32 Å². The third kappa shape index (κ3) is 3.83. The van der Waals surface area contributed by atoms with Gasteiger partial charge in [0.25, 0.3) is 5.91 Å². The first-order valence-corrected chi connectivity index (χ1v) is 10.0. The molecule has 0 bridgehead atoms.